The lowest BCUT2D eigenvalue weighted by atomic mass is 10.0. The fraction of sp³-hybridized carbons (Fsp3) is 0.465. The zero-order valence-electron chi connectivity index (χ0n) is 34.2. The molecule has 330 valence electrons. The van der Waals surface area contributed by atoms with Gasteiger partial charge in [-0.15, -0.1) is 11.3 Å². The number of sulfonamides is 1. The van der Waals surface area contributed by atoms with Gasteiger partial charge in [0.1, 0.15) is 51.7 Å². The Morgan fingerprint density at radius 2 is 1.87 bits per heavy atom. The maximum Gasteiger partial charge on any atom is 0.416 e. The summed E-state index contributed by atoms with van der Waals surface area (Å²) in [6.45, 7) is 3.24. The Labute approximate surface area is 359 Å². The highest BCUT2D eigenvalue weighted by molar-refractivity contribution is 7.91. The quantitative estimate of drug-likeness (QED) is 0.117. The van der Waals surface area contributed by atoms with E-state index in [2.05, 4.69) is 20.3 Å². The number of ether oxygens (including phenoxy) is 2. The van der Waals surface area contributed by atoms with Crippen molar-refractivity contribution >= 4 is 55.7 Å². The summed E-state index contributed by atoms with van der Waals surface area (Å²) in [7, 11) is -2.53. The van der Waals surface area contributed by atoms with Gasteiger partial charge in [0.25, 0.3) is 5.91 Å². The monoisotopic (exact) mass is 898 g/mol. The molecule has 62 heavy (non-hydrogen) atoms. The number of methoxy groups -OCH3 is 1. The maximum absolute atomic E-state index is 14.8. The second-order valence-corrected chi connectivity index (χ2v) is 19.9. The molecular weight excluding hydrogens is 853 g/mol. The zero-order valence-corrected chi connectivity index (χ0v) is 35.8. The van der Waals surface area contributed by atoms with Gasteiger partial charge in [-0.2, -0.15) is 13.2 Å². The molecule has 2 saturated carbocycles. The van der Waals surface area contributed by atoms with Crippen LogP contribution in [0.15, 0.2) is 60.1 Å². The first-order valence-electron chi connectivity index (χ1n) is 20.5. The van der Waals surface area contributed by atoms with Crippen LogP contribution in [0.4, 0.5) is 23.2 Å². The zero-order chi connectivity index (χ0) is 44.2. The number of anilines is 1. The van der Waals surface area contributed by atoms with Gasteiger partial charge in [-0.3, -0.25) is 19.1 Å². The second-order valence-electron chi connectivity index (χ2n) is 16.8. The van der Waals surface area contributed by atoms with Crippen LogP contribution in [0.1, 0.15) is 75.8 Å². The minimum atomic E-state index is -4.86. The van der Waals surface area contributed by atoms with Gasteiger partial charge >= 0.3 is 6.18 Å². The number of nitrogens with one attached hydrogen (secondary N) is 3. The predicted octanol–water partition coefficient (Wildman–Crippen LogP) is 7.06. The number of carbonyl (C=O) groups excluding carboxylic acids is 3. The number of aromatic nitrogens is 2. The van der Waals surface area contributed by atoms with E-state index in [-0.39, 0.29) is 31.5 Å². The number of halogens is 4. The molecule has 4 heterocycles. The molecule has 3 amide bonds. The maximum atomic E-state index is 14.8. The van der Waals surface area contributed by atoms with Gasteiger partial charge in [-0.05, 0) is 82.7 Å². The summed E-state index contributed by atoms with van der Waals surface area (Å²) in [4.78, 5) is 54.0. The Balaban J connectivity index is 1.16. The number of thiazole rings is 1. The number of aryl methyl sites for hydroxylation is 1. The summed E-state index contributed by atoms with van der Waals surface area (Å²) in [5.74, 6) is -2.99. The van der Waals surface area contributed by atoms with Crippen LogP contribution in [-0.4, -0.2) is 83.1 Å². The lowest BCUT2D eigenvalue weighted by molar-refractivity contribution is -0.140. The second kappa shape index (κ2) is 16.4. The van der Waals surface area contributed by atoms with Gasteiger partial charge in [-0.25, -0.2) is 22.8 Å². The van der Waals surface area contributed by atoms with Crippen molar-refractivity contribution in [3.63, 3.8) is 0 Å². The van der Waals surface area contributed by atoms with Crippen molar-refractivity contribution in [3.05, 3.63) is 77.1 Å². The molecule has 3 fully saturated rings. The Morgan fingerprint density at radius 1 is 1.08 bits per heavy atom. The fourth-order valence-electron chi connectivity index (χ4n) is 8.32. The van der Waals surface area contributed by atoms with E-state index < -0.39 is 79.7 Å². The Kier molecular flexibility index (Phi) is 11.5. The van der Waals surface area contributed by atoms with Gasteiger partial charge in [0.05, 0.1) is 29.5 Å². The molecule has 4 aliphatic rings. The normalized spacial score (nSPS) is 25.7. The topological polar surface area (TPSA) is 169 Å². The number of allylic oxidation sites excluding steroid dienone is 1. The average Bonchev–Trinajstić information content (AvgIpc) is 3.97. The Morgan fingerprint density at radius 3 is 2.58 bits per heavy atom. The summed E-state index contributed by atoms with van der Waals surface area (Å²) in [5, 5.41) is 8.72. The molecule has 3 N–H and O–H groups in total. The molecular formula is C43H46F4N6O7S2. The van der Waals surface area contributed by atoms with E-state index in [1.54, 1.807) is 49.9 Å². The fourth-order valence-corrected chi connectivity index (χ4v) is 10.2. The third-order valence-corrected chi connectivity index (χ3v) is 15.3. The number of rotatable bonds is 9. The first-order valence-corrected chi connectivity index (χ1v) is 22.8. The third kappa shape index (κ3) is 8.57. The van der Waals surface area contributed by atoms with E-state index in [9.17, 15) is 40.4 Å². The SMILES string of the molecule is COc1ccc2c(O[C@@H]3C[C@H]4C(=O)N[C@]5(C(=O)NS(=O)(=O)C6(C)CC6)C[C@H]5/C=C\CCCCC[C@H](Nc5cc(F)cc(C(F)(F)F)c5)C(=O)N4C3)cc(-c3nccs3)nc2c1C. The van der Waals surface area contributed by atoms with Crippen LogP contribution in [0, 0.1) is 18.7 Å². The lowest BCUT2D eigenvalue weighted by Gasteiger charge is -2.30. The van der Waals surface area contributed by atoms with Crippen LogP contribution in [0.25, 0.3) is 21.6 Å². The van der Waals surface area contributed by atoms with Crippen molar-refractivity contribution in [2.45, 2.75) is 106 Å². The van der Waals surface area contributed by atoms with E-state index >= 15 is 0 Å². The molecule has 5 atom stereocenters. The molecule has 19 heteroatoms. The van der Waals surface area contributed by atoms with E-state index in [0.717, 1.165) is 17.7 Å². The first-order chi connectivity index (χ1) is 29.4. The van der Waals surface area contributed by atoms with Crippen LogP contribution in [0.3, 0.4) is 0 Å². The van der Waals surface area contributed by atoms with Gasteiger partial charge in [-0.1, -0.05) is 25.0 Å². The largest absolute Gasteiger partial charge is 0.496 e. The molecule has 0 radical (unpaired) electrons. The number of carbonyl (C=O) groups is 3. The summed E-state index contributed by atoms with van der Waals surface area (Å²) in [6, 6.07) is 4.78. The number of fused-ring (bicyclic) bond motifs is 3. The molecule has 2 aromatic carbocycles. The molecule has 8 rings (SSSR count). The number of benzene rings is 2. The van der Waals surface area contributed by atoms with Gasteiger partial charge < -0.3 is 25.0 Å². The highest BCUT2D eigenvalue weighted by Gasteiger charge is 2.63. The molecule has 2 aromatic heterocycles. The van der Waals surface area contributed by atoms with Crippen molar-refractivity contribution in [2.24, 2.45) is 5.92 Å². The molecule has 4 aromatic rings. The highest BCUT2D eigenvalue weighted by Crippen LogP contribution is 2.48. The van der Waals surface area contributed by atoms with Crippen LogP contribution in [0.2, 0.25) is 0 Å². The molecule has 1 saturated heterocycles. The smallest absolute Gasteiger partial charge is 0.416 e. The number of pyridine rings is 1. The van der Waals surface area contributed by atoms with E-state index in [0.29, 0.717) is 77.7 Å². The van der Waals surface area contributed by atoms with Crippen molar-refractivity contribution in [2.75, 3.05) is 19.0 Å². The van der Waals surface area contributed by atoms with Gasteiger partial charge in [0, 0.05) is 46.6 Å². The molecule has 0 bridgehead atoms. The third-order valence-electron chi connectivity index (χ3n) is 12.4. The average molecular weight is 899 g/mol. The van der Waals surface area contributed by atoms with Crippen molar-refractivity contribution in [3.8, 4) is 22.2 Å². The van der Waals surface area contributed by atoms with Crippen molar-refractivity contribution < 1.29 is 49.8 Å². The number of hydrogen-bond acceptors (Lipinski definition) is 11. The van der Waals surface area contributed by atoms with Crippen LogP contribution in [0.5, 0.6) is 11.5 Å². The summed E-state index contributed by atoms with van der Waals surface area (Å²) >= 11 is 1.37. The summed E-state index contributed by atoms with van der Waals surface area (Å²) in [5.41, 5.74) is -1.33. The minimum Gasteiger partial charge on any atom is -0.496 e. The number of alkyl halides is 3. The van der Waals surface area contributed by atoms with E-state index in [1.165, 1.54) is 16.2 Å². The summed E-state index contributed by atoms with van der Waals surface area (Å²) < 4.78 is 95.8. The minimum absolute atomic E-state index is 0.0808. The van der Waals surface area contributed by atoms with Crippen molar-refractivity contribution in [1.29, 1.82) is 0 Å². The number of nitrogens with zero attached hydrogens (tertiary/aromatic N) is 3. The lowest BCUT2D eigenvalue weighted by Crippen LogP contribution is -2.58. The van der Waals surface area contributed by atoms with Crippen molar-refractivity contribution in [1.82, 2.24) is 24.9 Å². The molecule has 0 unspecified atom stereocenters. The van der Waals surface area contributed by atoms with Gasteiger partial charge in [0.15, 0.2) is 0 Å². The standard InChI is InChI=1S/C43H46F4N6O7S2/c1-24-34(59-3)12-11-30-35(21-32(50-36(24)30)38-48-15-16-61-38)60-29-20-33-37(54)51-42(40(56)52-62(57,58)41(2)13-14-41)22-25(42)9-7-5-4-6-8-10-31(39(55)53(33)23-29)49-28-18-26(43(45,46)47)17-27(44)19-28/h7,9,11-12,15-19,21,25,29,31,33,49H,4-6,8,10,13-14,20,22-23H2,1-3H3,(H,51,54)(H,52,56)/b9-7-/t25-,29-,31+,33+,42-/m1/s1. The summed E-state index contributed by atoms with van der Waals surface area (Å²) in [6.07, 6.45) is 2.86. The number of hydrogen-bond donors (Lipinski definition) is 3. The van der Waals surface area contributed by atoms with E-state index in [1.807, 2.05) is 13.0 Å². The van der Waals surface area contributed by atoms with Crippen LogP contribution < -0.4 is 24.8 Å². The van der Waals surface area contributed by atoms with E-state index in [4.69, 9.17) is 14.5 Å². The van der Waals surface area contributed by atoms with Crippen LogP contribution >= 0.6 is 11.3 Å². The van der Waals surface area contributed by atoms with Crippen LogP contribution in [-0.2, 0) is 30.6 Å². The number of amides is 3. The predicted molar refractivity (Wildman–Crippen MR) is 223 cm³/mol. The highest BCUT2D eigenvalue weighted by atomic mass is 32.2. The molecule has 0 spiro atoms. The Bertz CT molecular complexity index is 2550. The molecule has 2 aliphatic carbocycles. The molecule has 2 aliphatic heterocycles. The Hall–Kier alpha value is -5.30. The molecule has 13 nitrogen and oxygen atoms in total. The first kappa shape index (κ1) is 43.4. The van der Waals surface area contributed by atoms with Gasteiger partial charge in [0.2, 0.25) is 21.8 Å².